The van der Waals surface area contributed by atoms with E-state index in [1.54, 1.807) is 24.3 Å². The van der Waals surface area contributed by atoms with E-state index >= 15 is 0 Å². The van der Waals surface area contributed by atoms with Crippen LogP contribution in [0.2, 0.25) is 5.02 Å². The number of nitrogens with zero attached hydrogens (tertiary/aromatic N) is 4. The zero-order chi connectivity index (χ0) is 23.7. The number of rotatable bonds is 4. The number of pyridine rings is 1. The number of ether oxygens (including phenoxy) is 2. The van der Waals surface area contributed by atoms with Crippen molar-refractivity contribution in [3.63, 3.8) is 0 Å². The van der Waals surface area contributed by atoms with Gasteiger partial charge in [-0.05, 0) is 24.6 Å². The van der Waals surface area contributed by atoms with Gasteiger partial charge in [0, 0.05) is 16.1 Å². The number of aromatic nitrogens is 3. The van der Waals surface area contributed by atoms with Crippen LogP contribution in [0.1, 0.15) is 32.0 Å². The lowest BCUT2D eigenvalue weighted by atomic mass is 9.94. The number of carbonyl (C=O) groups excluding carboxylic acids is 2. The van der Waals surface area contributed by atoms with Crippen molar-refractivity contribution in [2.24, 2.45) is 0 Å². The molecule has 0 amide bonds. The summed E-state index contributed by atoms with van der Waals surface area (Å²) in [6.07, 6.45) is 0. The Morgan fingerprint density at radius 3 is 2.15 bits per heavy atom. The fourth-order valence-corrected chi connectivity index (χ4v) is 3.64. The smallest absolute Gasteiger partial charge is 0.357 e. The van der Waals surface area contributed by atoms with Crippen LogP contribution in [0, 0.1) is 18.3 Å². The first-order valence-corrected chi connectivity index (χ1v) is 10.1. The van der Waals surface area contributed by atoms with E-state index in [-0.39, 0.29) is 33.9 Å². The Morgan fingerprint density at radius 1 is 0.970 bits per heavy atom. The minimum absolute atomic E-state index is 0.0521. The van der Waals surface area contributed by atoms with Crippen LogP contribution < -0.4 is 0 Å². The second kappa shape index (κ2) is 8.73. The maximum absolute atomic E-state index is 12.9. The predicted octanol–water partition coefficient (Wildman–Crippen LogP) is 4.47. The number of methoxy groups -OCH3 is 2. The van der Waals surface area contributed by atoms with E-state index in [0.717, 1.165) is 10.1 Å². The Balaban J connectivity index is 2.18. The van der Waals surface area contributed by atoms with Gasteiger partial charge in [-0.25, -0.2) is 19.1 Å². The van der Waals surface area contributed by atoms with Crippen LogP contribution in [-0.4, -0.2) is 40.8 Å². The molecular weight excluding hydrogens is 444 g/mol. The first-order valence-electron chi connectivity index (χ1n) is 9.76. The third-order valence-corrected chi connectivity index (χ3v) is 5.35. The summed E-state index contributed by atoms with van der Waals surface area (Å²) in [4.78, 5) is 30.3. The molecule has 2 aromatic heterocycles. The van der Waals surface area contributed by atoms with Gasteiger partial charge < -0.3 is 9.47 Å². The highest BCUT2D eigenvalue weighted by Gasteiger charge is 2.32. The standard InChI is InChI=1S/C24H17ClN4O4/c1-13-4-6-15(7-5-13)21-27-22-17(12-26)18(14-8-10-16(25)11-9-14)19(23(30)32-2)20(24(31)33-3)29(22)28-21/h4-11H,1-3H3. The lowest BCUT2D eigenvalue weighted by Gasteiger charge is -2.15. The molecule has 0 unspecified atom stereocenters. The van der Waals surface area contributed by atoms with Gasteiger partial charge in [0.25, 0.3) is 0 Å². The lowest BCUT2D eigenvalue weighted by Crippen LogP contribution is -2.20. The number of benzene rings is 2. The first-order chi connectivity index (χ1) is 15.9. The number of esters is 2. The molecule has 164 valence electrons. The topological polar surface area (TPSA) is 107 Å². The quantitative estimate of drug-likeness (QED) is 0.413. The molecule has 2 aromatic carbocycles. The van der Waals surface area contributed by atoms with Crippen LogP contribution in [-0.2, 0) is 9.47 Å². The molecule has 0 saturated heterocycles. The van der Waals surface area contributed by atoms with E-state index < -0.39 is 11.9 Å². The highest BCUT2D eigenvalue weighted by molar-refractivity contribution is 6.30. The molecule has 0 atom stereocenters. The van der Waals surface area contributed by atoms with Crippen molar-refractivity contribution in [1.82, 2.24) is 14.6 Å². The van der Waals surface area contributed by atoms with Crippen LogP contribution in [0.3, 0.4) is 0 Å². The first kappa shape index (κ1) is 22.0. The molecule has 0 spiro atoms. The minimum Gasteiger partial charge on any atom is -0.465 e. The van der Waals surface area contributed by atoms with Crippen LogP contribution in [0.4, 0.5) is 0 Å². The van der Waals surface area contributed by atoms with Crippen molar-refractivity contribution in [3.05, 3.63) is 75.9 Å². The number of hydrogen-bond donors (Lipinski definition) is 0. The van der Waals surface area contributed by atoms with Crippen LogP contribution in [0.5, 0.6) is 0 Å². The summed E-state index contributed by atoms with van der Waals surface area (Å²) in [5.74, 6) is -1.38. The number of halogens is 1. The van der Waals surface area contributed by atoms with Crippen LogP contribution in [0.25, 0.3) is 28.2 Å². The monoisotopic (exact) mass is 460 g/mol. The zero-order valence-electron chi connectivity index (χ0n) is 17.9. The van der Waals surface area contributed by atoms with Crippen molar-refractivity contribution < 1.29 is 19.1 Å². The molecule has 33 heavy (non-hydrogen) atoms. The lowest BCUT2D eigenvalue weighted by molar-refractivity contribution is 0.0547. The molecule has 4 aromatic rings. The van der Waals surface area contributed by atoms with E-state index in [2.05, 4.69) is 16.2 Å². The zero-order valence-corrected chi connectivity index (χ0v) is 18.7. The van der Waals surface area contributed by atoms with Crippen molar-refractivity contribution >= 4 is 29.2 Å². The molecule has 0 N–H and O–H groups in total. The number of carbonyl (C=O) groups is 2. The fraction of sp³-hybridized carbons (Fsp3) is 0.125. The second-order valence-electron chi connectivity index (χ2n) is 7.11. The largest absolute Gasteiger partial charge is 0.465 e. The Labute approximate surface area is 194 Å². The minimum atomic E-state index is -0.833. The van der Waals surface area contributed by atoms with Crippen molar-refractivity contribution in [2.45, 2.75) is 6.92 Å². The Hall–Kier alpha value is -4.22. The van der Waals surface area contributed by atoms with Gasteiger partial charge >= 0.3 is 11.9 Å². The summed E-state index contributed by atoms with van der Waals surface area (Å²) in [6, 6.07) is 16.1. The normalized spacial score (nSPS) is 10.6. The van der Waals surface area contributed by atoms with Crippen molar-refractivity contribution in [2.75, 3.05) is 14.2 Å². The molecular formula is C24H17ClN4O4. The SMILES string of the molecule is COC(=O)c1c(-c2ccc(Cl)cc2)c(C#N)c2nc(-c3ccc(C)cc3)nn2c1C(=O)OC. The van der Waals surface area contributed by atoms with E-state index in [1.807, 2.05) is 31.2 Å². The average molecular weight is 461 g/mol. The second-order valence-corrected chi connectivity index (χ2v) is 7.55. The van der Waals surface area contributed by atoms with Crippen molar-refractivity contribution in [1.29, 1.82) is 5.26 Å². The molecule has 8 nitrogen and oxygen atoms in total. The van der Waals surface area contributed by atoms with E-state index in [9.17, 15) is 14.9 Å². The number of nitriles is 1. The van der Waals surface area contributed by atoms with Gasteiger partial charge in [-0.1, -0.05) is 53.6 Å². The molecule has 2 heterocycles. The molecule has 0 aliphatic carbocycles. The maximum atomic E-state index is 12.9. The molecule has 0 bridgehead atoms. The number of aryl methyl sites for hydroxylation is 1. The van der Waals surface area contributed by atoms with Gasteiger partial charge in [-0.15, -0.1) is 5.10 Å². The van der Waals surface area contributed by atoms with Gasteiger partial charge in [0.05, 0.1) is 14.2 Å². The third kappa shape index (κ3) is 3.79. The number of hydrogen-bond acceptors (Lipinski definition) is 7. The molecule has 0 fully saturated rings. The Kier molecular flexibility index (Phi) is 5.82. The number of fused-ring (bicyclic) bond motifs is 1. The van der Waals surface area contributed by atoms with Crippen LogP contribution >= 0.6 is 11.6 Å². The average Bonchev–Trinajstić information content (AvgIpc) is 3.27. The summed E-state index contributed by atoms with van der Waals surface area (Å²) in [6.45, 7) is 1.95. The molecule has 9 heteroatoms. The molecule has 0 aliphatic rings. The van der Waals surface area contributed by atoms with Gasteiger partial charge in [0.1, 0.15) is 17.2 Å². The summed E-state index contributed by atoms with van der Waals surface area (Å²) in [5, 5.41) is 15.0. The van der Waals surface area contributed by atoms with Crippen LogP contribution in [0.15, 0.2) is 48.5 Å². The van der Waals surface area contributed by atoms with Crippen molar-refractivity contribution in [3.8, 4) is 28.6 Å². The summed E-state index contributed by atoms with van der Waals surface area (Å²) in [5.41, 5.74) is 2.18. The molecule has 0 saturated carbocycles. The fourth-order valence-electron chi connectivity index (χ4n) is 3.51. The van der Waals surface area contributed by atoms with Gasteiger partial charge in [0.2, 0.25) is 0 Å². The third-order valence-electron chi connectivity index (χ3n) is 5.10. The van der Waals surface area contributed by atoms with Gasteiger partial charge in [-0.3, -0.25) is 0 Å². The Morgan fingerprint density at radius 2 is 1.58 bits per heavy atom. The van der Waals surface area contributed by atoms with E-state index in [0.29, 0.717) is 16.1 Å². The molecule has 0 aliphatic heterocycles. The van der Waals surface area contributed by atoms with Gasteiger partial charge in [0.15, 0.2) is 17.2 Å². The van der Waals surface area contributed by atoms with E-state index in [4.69, 9.17) is 21.1 Å². The molecule has 0 radical (unpaired) electrons. The summed E-state index contributed by atoms with van der Waals surface area (Å²) in [7, 11) is 2.37. The van der Waals surface area contributed by atoms with E-state index in [1.165, 1.54) is 14.2 Å². The van der Waals surface area contributed by atoms with Gasteiger partial charge in [-0.2, -0.15) is 5.26 Å². The summed E-state index contributed by atoms with van der Waals surface area (Å²) < 4.78 is 11.1. The molecule has 4 rings (SSSR count). The summed E-state index contributed by atoms with van der Waals surface area (Å²) >= 11 is 6.03. The maximum Gasteiger partial charge on any atom is 0.357 e. The Bertz CT molecular complexity index is 1440. The highest BCUT2D eigenvalue weighted by atomic mass is 35.5. The predicted molar refractivity (Wildman–Crippen MR) is 121 cm³/mol. The highest BCUT2D eigenvalue weighted by Crippen LogP contribution is 2.35.